The van der Waals surface area contributed by atoms with Crippen LogP contribution < -0.4 is 11.1 Å². The number of ether oxygens (including phenoxy) is 1. The minimum absolute atomic E-state index is 0.302. The molecule has 4 nitrogen and oxygen atoms in total. The van der Waals surface area contributed by atoms with Crippen LogP contribution in [0, 0.1) is 0 Å². The maximum absolute atomic E-state index is 5.98. The van der Waals surface area contributed by atoms with Gasteiger partial charge in [0, 0.05) is 11.8 Å². The molecule has 0 saturated heterocycles. The number of nitrogens with one attached hydrogen (secondary N) is 1. The zero-order valence-electron chi connectivity index (χ0n) is 12.5. The summed E-state index contributed by atoms with van der Waals surface area (Å²) in [5, 5.41) is 3.08. The fourth-order valence-electron chi connectivity index (χ4n) is 1.94. The molecule has 2 aromatic rings. The Kier molecular flexibility index (Phi) is 6.36. The minimum Gasteiger partial charge on any atom is -0.373 e. The first-order valence-electron chi connectivity index (χ1n) is 7.15. The first-order chi connectivity index (χ1) is 10.8. The van der Waals surface area contributed by atoms with Crippen molar-refractivity contribution in [1.29, 1.82) is 0 Å². The van der Waals surface area contributed by atoms with Gasteiger partial charge in [-0.05, 0) is 12.3 Å². The van der Waals surface area contributed by atoms with Crippen LogP contribution in [0.15, 0.2) is 71.9 Å². The second-order valence-electron chi connectivity index (χ2n) is 4.83. The molecule has 4 heteroatoms. The second kappa shape index (κ2) is 8.77. The largest absolute Gasteiger partial charge is 0.373 e. The number of rotatable bonds is 8. The lowest BCUT2D eigenvalue weighted by Gasteiger charge is -2.13. The van der Waals surface area contributed by atoms with Gasteiger partial charge >= 0.3 is 0 Å². The topological polar surface area (TPSA) is 59.6 Å². The van der Waals surface area contributed by atoms with Crippen molar-refractivity contribution in [3.63, 3.8) is 0 Å². The van der Waals surface area contributed by atoms with Gasteiger partial charge in [0.2, 0.25) is 0 Å². The van der Waals surface area contributed by atoms with Crippen LogP contribution in [0.4, 0.5) is 0 Å². The Morgan fingerprint density at radius 1 is 1.14 bits per heavy atom. The molecule has 2 aromatic carbocycles. The zero-order chi connectivity index (χ0) is 15.6. The summed E-state index contributed by atoms with van der Waals surface area (Å²) >= 11 is 0. The molecule has 1 atom stereocenters. The molecule has 2 rings (SSSR count). The average Bonchev–Trinajstić information content (AvgIpc) is 2.57. The van der Waals surface area contributed by atoms with Crippen molar-refractivity contribution in [3.8, 4) is 0 Å². The van der Waals surface area contributed by atoms with Gasteiger partial charge in [-0.25, -0.2) is 0 Å². The molecule has 0 spiro atoms. The second-order valence-corrected chi connectivity index (χ2v) is 4.83. The third-order valence-electron chi connectivity index (χ3n) is 3.08. The third-order valence-corrected chi connectivity index (χ3v) is 3.08. The van der Waals surface area contributed by atoms with E-state index in [0.29, 0.717) is 13.2 Å². The lowest BCUT2D eigenvalue weighted by molar-refractivity contribution is 0.103. The number of hydrogen-bond acceptors (Lipinski definition) is 4. The fraction of sp³-hybridized carbons (Fsp3) is 0.167. The van der Waals surface area contributed by atoms with Gasteiger partial charge in [-0.2, -0.15) is 0 Å². The first kappa shape index (κ1) is 15.9. The van der Waals surface area contributed by atoms with Gasteiger partial charge in [-0.15, -0.1) is 0 Å². The van der Waals surface area contributed by atoms with Crippen molar-refractivity contribution in [1.82, 2.24) is 5.32 Å². The molecule has 3 N–H and O–H groups in total. The maximum Gasteiger partial charge on any atom is 0.0979 e. The lowest BCUT2D eigenvalue weighted by Crippen LogP contribution is -2.38. The molecule has 0 heterocycles. The van der Waals surface area contributed by atoms with E-state index in [2.05, 4.69) is 17.0 Å². The highest BCUT2D eigenvalue weighted by Gasteiger charge is 2.02. The van der Waals surface area contributed by atoms with E-state index in [9.17, 15) is 0 Å². The highest BCUT2D eigenvalue weighted by Crippen LogP contribution is 2.13. The number of hydrogen-bond donors (Lipinski definition) is 2. The van der Waals surface area contributed by atoms with Gasteiger partial charge in [-0.3, -0.25) is 4.99 Å². The Bertz CT molecular complexity index is 596. The van der Waals surface area contributed by atoms with E-state index in [0.717, 1.165) is 16.8 Å². The monoisotopic (exact) mass is 295 g/mol. The van der Waals surface area contributed by atoms with Crippen LogP contribution in [0.5, 0.6) is 0 Å². The molecule has 114 valence electrons. The standard InChI is InChI=1S/C18H21N3O/c1-20-17(16-10-6-3-7-11-16)12-21-18(19)14-22-13-15-8-4-2-5-9-15/h2-12,18,21H,1,13-14,19H2/b17-12-. The van der Waals surface area contributed by atoms with Crippen molar-refractivity contribution in [2.45, 2.75) is 12.8 Å². The van der Waals surface area contributed by atoms with E-state index >= 15 is 0 Å². The van der Waals surface area contributed by atoms with Crippen molar-refractivity contribution in [3.05, 3.63) is 78.0 Å². The Morgan fingerprint density at radius 3 is 2.41 bits per heavy atom. The molecule has 22 heavy (non-hydrogen) atoms. The Balaban J connectivity index is 1.80. The molecule has 0 aliphatic carbocycles. The van der Waals surface area contributed by atoms with Gasteiger partial charge in [0.1, 0.15) is 0 Å². The van der Waals surface area contributed by atoms with Crippen LogP contribution >= 0.6 is 0 Å². The molecule has 0 radical (unpaired) electrons. The predicted molar refractivity (Wildman–Crippen MR) is 91.2 cm³/mol. The summed E-state index contributed by atoms with van der Waals surface area (Å²) in [5.74, 6) is 0. The summed E-state index contributed by atoms with van der Waals surface area (Å²) < 4.78 is 5.59. The van der Waals surface area contributed by atoms with Crippen molar-refractivity contribution in [2.24, 2.45) is 10.7 Å². The van der Waals surface area contributed by atoms with Gasteiger partial charge in [0.05, 0.1) is 25.1 Å². The molecule has 0 aromatic heterocycles. The van der Waals surface area contributed by atoms with Crippen LogP contribution in [-0.2, 0) is 11.3 Å². The third kappa shape index (κ3) is 5.16. The summed E-state index contributed by atoms with van der Waals surface area (Å²) in [4.78, 5) is 4.01. The molecule has 0 fully saturated rings. The van der Waals surface area contributed by atoms with E-state index in [1.54, 1.807) is 6.20 Å². The van der Waals surface area contributed by atoms with Crippen LogP contribution in [0.25, 0.3) is 5.70 Å². The van der Waals surface area contributed by atoms with Gasteiger partial charge < -0.3 is 15.8 Å². The highest BCUT2D eigenvalue weighted by atomic mass is 16.5. The van der Waals surface area contributed by atoms with E-state index < -0.39 is 0 Å². The zero-order valence-corrected chi connectivity index (χ0v) is 12.5. The molecule has 0 aliphatic heterocycles. The van der Waals surface area contributed by atoms with E-state index in [-0.39, 0.29) is 6.17 Å². The molecular formula is C18H21N3O. The van der Waals surface area contributed by atoms with Crippen LogP contribution in [0.3, 0.4) is 0 Å². The smallest absolute Gasteiger partial charge is 0.0979 e. The van der Waals surface area contributed by atoms with Crippen molar-refractivity contribution >= 4 is 12.4 Å². The summed E-state index contributed by atoms with van der Waals surface area (Å²) in [6, 6.07) is 19.8. The predicted octanol–water partition coefficient (Wildman–Crippen LogP) is 2.78. The van der Waals surface area contributed by atoms with E-state index in [1.165, 1.54) is 0 Å². The van der Waals surface area contributed by atoms with Gasteiger partial charge in [0.25, 0.3) is 0 Å². The minimum atomic E-state index is -0.302. The summed E-state index contributed by atoms with van der Waals surface area (Å²) in [7, 11) is 0. The van der Waals surface area contributed by atoms with Crippen LogP contribution in [0.1, 0.15) is 11.1 Å². The quantitative estimate of drug-likeness (QED) is 0.581. The lowest BCUT2D eigenvalue weighted by atomic mass is 10.2. The van der Waals surface area contributed by atoms with Gasteiger partial charge in [0.15, 0.2) is 0 Å². The number of aliphatic imine (C=N–C) groups is 1. The van der Waals surface area contributed by atoms with Crippen molar-refractivity contribution < 1.29 is 4.74 Å². The SMILES string of the molecule is C=N/C(=C\NC(N)COCc1ccccc1)c1ccccc1. The Labute approximate surface area is 131 Å². The van der Waals surface area contributed by atoms with E-state index in [1.807, 2.05) is 60.7 Å². The first-order valence-corrected chi connectivity index (χ1v) is 7.15. The molecular weight excluding hydrogens is 274 g/mol. The molecule has 0 saturated carbocycles. The Hall–Kier alpha value is -2.43. The normalized spacial score (nSPS) is 12.7. The highest BCUT2D eigenvalue weighted by molar-refractivity contribution is 5.67. The summed E-state index contributed by atoms with van der Waals surface area (Å²) in [5.41, 5.74) is 8.84. The average molecular weight is 295 g/mol. The maximum atomic E-state index is 5.98. The van der Waals surface area contributed by atoms with Crippen molar-refractivity contribution in [2.75, 3.05) is 6.61 Å². The molecule has 1 unspecified atom stereocenters. The molecule has 0 aliphatic rings. The number of nitrogens with two attached hydrogens (primary N) is 1. The Morgan fingerprint density at radius 2 is 1.77 bits per heavy atom. The molecule has 0 amide bonds. The van der Waals surface area contributed by atoms with Crippen LogP contribution in [0.2, 0.25) is 0 Å². The number of nitrogens with zero attached hydrogens (tertiary/aromatic N) is 1. The molecule has 0 bridgehead atoms. The fourth-order valence-corrected chi connectivity index (χ4v) is 1.94. The van der Waals surface area contributed by atoms with E-state index in [4.69, 9.17) is 10.5 Å². The number of benzene rings is 2. The van der Waals surface area contributed by atoms with Gasteiger partial charge in [-0.1, -0.05) is 60.7 Å². The summed E-state index contributed by atoms with van der Waals surface area (Å²) in [6.07, 6.45) is 1.46. The summed E-state index contributed by atoms with van der Waals surface area (Å²) in [6.45, 7) is 4.54. The van der Waals surface area contributed by atoms with Crippen LogP contribution in [-0.4, -0.2) is 19.5 Å².